The standard InChI is InChI=1S/C16H13F3N2/c1-10-5-3-4-6-13(10)14-8-11-7-12(16(17,18)19)9-20-15(11)21(14)2/h3-9H,1-2H3. The van der Waals surface area contributed by atoms with Crippen LogP contribution in [0.5, 0.6) is 0 Å². The van der Waals surface area contributed by atoms with Gasteiger partial charge >= 0.3 is 6.18 Å². The first-order valence-corrected chi connectivity index (χ1v) is 6.46. The number of rotatable bonds is 1. The molecule has 0 N–H and O–H groups in total. The van der Waals surface area contributed by atoms with Gasteiger partial charge in [0, 0.05) is 24.2 Å². The maximum Gasteiger partial charge on any atom is 0.417 e. The van der Waals surface area contributed by atoms with Crippen LogP contribution in [0.1, 0.15) is 11.1 Å². The molecule has 0 spiro atoms. The zero-order chi connectivity index (χ0) is 15.2. The summed E-state index contributed by atoms with van der Waals surface area (Å²) in [6.45, 7) is 1.97. The molecule has 0 aliphatic rings. The molecule has 0 saturated heterocycles. The van der Waals surface area contributed by atoms with Crippen molar-refractivity contribution in [1.82, 2.24) is 9.55 Å². The van der Waals surface area contributed by atoms with Crippen LogP contribution in [-0.4, -0.2) is 9.55 Å². The van der Waals surface area contributed by atoms with Crippen LogP contribution in [0, 0.1) is 6.92 Å². The summed E-state index contributed by atoms with van der Waals surface area (Å²) >= 11 is 0. The monoisotopic (exact) mass is 290 g/mol. The molecule has 0 radical (unpaired) electrons. The normalized spacial score (nSPS) is 12.0. The topological polar surface area (TPSA) is 17.8 Å². The molecule has 0 fully saturated rings. The van der Waals surface area contributed by atoms with Crippen LogP contribution in [0.3, 0.4) is 0 Å². The fourth-order valence-corrected chi connectivity index (χ4v) is 2.49. The number of fused-ring (bicyclic) bond motifs is 1. The molecule has 2 heterocycles. The second-order valence-electron chi connectivity index (χ2n) is 5.04. The van der Waals surface area contributed by atoms with Crippen molar-refractivity contribution >= 4 is 11.0 Å². The molecule has 5 heteroatoms. The van der Waals surface area contributed by atoms with Crippen LogP contribution in [0.25, 0.3) is 22.3 Å². The summed E-state index contributed by atoms with van der Waals surface area (Å²) in [7, 11) is 1.81. The molecule has 108 valence electrons. The molecular weight excluding hydrogens is 277 g/mol. The van der Waals surface area contributed by atoms with E-state index in [1.165, 1.54) is 0 Å². The Morgan fingerprint density at radius 1 is 1.10 bits per heavy atom. The molecular formula is C16H13F3N2. The largest absolute Gasteiger partial charge is 0.417 e. The highest BCUT2D eigenvalue weighted by Gasteiger charge is 2.31. The number of alkyl halides is 3. The molecule has 3 rings (SSSR count). The third-order valence-electron chi connectivity index (χ3n) is 3.61. The van der Waals surface area contributed by atoms with Crippen molar-refractivity contribution in [2.75, 3.05) is 0 Å². The summed E-state index contributed by atoms with van der Waals surface area (Å²) in [6, 6.07) is 10.7. The number of halogens is 3. The smallest absolute Gasteiger partial charge is 0.328 e. The summed E-state index contributed by atoms with van der Waals surface area (Å²) < 4.78 is 40.1. The van der Waals surface area contributed by atoms with Crippen LogP contribution < -0.4 is 0 Å². The number of benzene rings is 1. The summed E-state index contributed by atoms with van der Waals surface area (Å²) in [5.74, 6) is 0. The summed E-state index contributed by atoms with van der Waals surface area (Å²) in [5.41, 5.74) is 2.74. The molecule has 0 aliphatic carbocycles. The Labute approximate surface area is 119 Å². The van der Waals surface area contributed by atoms with E-state index in [0.717, 1.165) is 29.1 Å². The molecule has 0 atom stereocenters. The number of hydrogen-bond acceptors (Lipinski definition) is 1. The second kappa shape index (κ2) is 4.62. The van der Waals surface area contributed by atoms with Gasteiger partial charge in [0.2, 0.25) is 0 Å². The van der Waals surface area contributed by atoms with E-state index in [9.17, 15) is 13.2 Å². The summed E-state index contributed by atoms with van der Waals surface area (Å²) in [5, 5.41) is 0.491. The first-order chi connectivity index (χ1) is 9.88. The Hall–Kier alpha value is -2.30. The molecule has 0 saturated carbocycles. The fraction of sp³-hybridized carbons (Fsp3) is 0.188. The fourth-order valence-electron chi connectivity index (χ4n) is 2.49. The van der Waals surface area contributed by atoms with Crippen LogP contribution in [0.15, 0.2) is 42.6 Å². The average Bonchev–Trinajstić information content (AvgIpc) is 2.75. The van der Waals surface area contributed by atoms with Gasteiger partial charge in [0.05, 0.1) is 11.3 Å². The molecule has 0 aliphatic heterocycles. The van der Waals surface area contributed by atoms with Gasteiger partial charge in [-0.25, -0.2) is 4.98 Å². The lowest BCUT2D eigenvalue weighted by molar-refractivity contribution is -0.137. The number of hydrogen-bond donors (Lipinski definition) is 0. The van der Waals surface area contributed by atoms with E-state index in [0.29, 0.717) is 11.0 Å². The van der Waals surface area contributed by atoms with Gasteiger partial charge in [-0.2, -0.15) is 13.2 Å². The zero-order valence-electron chi connectivity index (χ0n) is 11.6. The van der Waals surface area contributed by atoms with Crippen molar-refractivity contribution in [3.63, 3.8) is 0 Å². The van der Waals surface area contributed by atoms with Crippen molar-refractivity contribution in [2.24, 2.45) is 7.05 Å². The van der Waals surface area contributed by atoms with Crippen molar-refractivity contribution < 1.29 is 13.2 Å². The van der Waals surface area contributed by atoms with Crippen molar-refractivity contribution in [3.8, 4) is 11.3 Å². The van der Waals surface area contributed by atoms with Gasteiger partial charge in [-0.15, -0.1) is 0 Å². The van der Waals surface area contributed by atoms with E-state index in [1.807, 2.05) is 42.8 Å². The molecule has 0 unspecified atom stereocenters. The van der Waals surface area contributed by atoms with E-state index >= 15 is 0 Å². The molecule has 2 nitrogen and oxygen atoms in total. The van der Waals surface area contributed by atoms with Gasteiger partial charge in [0.1, 0.15) is 5.65 Å². The number of aromatic nitrogens is 2. The SMILES string of the molecule is Cc1ccccc1-c1cc2cc(C(F)(F)F)cnc2n1C. The third-order valence-corrected chi connectivity index (χ3v) is 3.61. The van der Waals surface area contributed by atoms with E-state index in [4.69, 9.17) is 0 Å². The average molecular weight is 290 g/mol. The summed E-state index contributed by atoms with van der Waals surface area (Å²) in [6.07, 6.45) is -3.50. The first-order valence-electron chi connectivity index (χ1n) is 6.46. The maximum absolute atomic E-state index is 12.8. The van der Waals surface area contributed by atoms with E-state index in [2.05, 4.69) is 4.98 Å². The molecule has 2 aromatic heterocycles. The minimum atomic E-state index is -4.38. The molecule has 21 heavy (non-hydrogen) atoms. The predicted octanol–water partition coefficient (Wildman–Crippen LogP) is 4.57. The van der Waals surface area contributed by atoms with E-state index in [1.54, 1.807) is 6.07 Å². The Kier molecular flexibility index (Phi) is 3.01. The van der Waals surface area contributed by atoms with Gasteiger partial charge in [-0.05, 0) is 24.6 Å². The van der Waals surface area contributed by atoms with Gasteiger partial charge in [-0.1, -0.05) is 24.3 Å². The highest BCUT2D eigenvalue weighted by atomic mass is 19.4. The van der Waals surface area contributed by atoms with E-state index < -0.39 is 11.7 Å². The maximum atomic E-state index is 12.8. The predicted molar refractivity (Wildman–Crippen MR) is 75.9 cm³/mol. The van der Waals surface area contributed by atoms with Gasteiger partial charge < -0.3 is 4.57 Å². The lowest BCUT2D eigenvalue weighted by Gasteiger charge is -2.07. The molecule has 0 amide bonds. The van der Waals surface area contributed by atoms with Crippen molar-refractivity contribution in [1.29, 1.82) is 0 Å². The number of pyridine rings is 1. The highest BCUT2D eigenvalue weighted by molar-refractivity contribution is 5.85. The van der Waals surface area contributed by atoms with Crippen molar-refractivity contribution in [2.45, 2.75) is 13.1 Å². The third kappa shape index (κ3) is 2.28. The Morgan fingerprint density at radius 2 is 1.81 bits per heavy atom. The minimum absolute atomic E-state index is 0.491. The Morgan fingerprint density at radius 3 is 2.48 bits per heavy atom. The van der Waals surface area contributed by atoms with Crippen LogP contribution in [0.2, 0.25) is 0 Å². The zero-order valence-corrected chi connectivity index (χ0v) is 11.6. The van der Waals surface area contributed by atoms with E-state index in [-0.39, 0.29) is 0 Å². The Bertz CT molecular complexity index is 816. The lowest BCUT2D eigenvalue weighted by Crippen LogP contribution is -2.05. The molecule has 3 aromatic rings. The second-order valence-corrected chi connectivity index (χ2v) is 5.04. The van der Waals surface area contributed by atoms with Crippen LogP contribution >= 0.6 is 0 Å². The Balaban J connectivity index is 2.23. The first kappa shape index (κ1) is 13.7. The summed E-state index contributed by atoms with van der Waals surface area (Å²) in [4.78, 5) is 3.97. The van der Waals surface area contributed by atoms with Crippen LogP contribution in [0.4, 0.5) is 13.2 Å². The highest BCUT2D eigenvalue weighted by Crippen LogP contribution is 2.33. The minimum Gasteiger partial charge on any atom is -0.328 e. The lowest BCUT2D eigenvalue weighted by atomic mass is 10.1. The quantitative estimate of drug-likeness (QED) is 0.642. The van der Waals surface area contributed by atoms with Gasteiger partial charge in [-0.3, -0.25) is 0 Å². The number of nitrogens with zero attached hydrogens (tertiary/aromatic N) is 2. The number of aryl methyl sites for hydroxylation is 2. The van der Waals surface area contributed by atoms with Gasteiger partial charge in [0.15, 0.2) is 0 Å². The van der Waals surface area contributed by atoms with Crippen LogP contribution in [-0.2, 0) is 13.2 Å². The molecule has 1 aromatic carbocycles. The van der Waals surface area contributed by atoms with Crippen molar-refractivity contribution in [3.05, 3.63) is 53.7 Å². The molecule has 0 bridgehead atoms. The van der Waals surface area contributed by atoms with Gasteiger partial charge in [0.25, 0.3) is 0 Å².